The van der Waals surface area contributed by atoms with Crippen molar-refractivity contribution in [1.82, 2.24) is 0 Å². The monoisotopic (exact) mass is 993 g/mol. The van der Waals surface area contributed by atoms with E-state index in [0.29, 0.717) is 49.9 Å². The molecule has 0 radical (unpaired) electrons. The van der Waals surface area contributed by atoms with Gasteiger partial charge in [0.15, 0.2) is 0 Å². The first kappa shape index (κ1) is 54.0. The number of ether oxygens (including phenoxy) is 3. The fourth-order valence-electron chi connectivity index (χ4n) is 12.8. The molecule has 0 atom stereocenters. The van der Waals surface area contributed by atoms with Crippen LogP contribution in [0.3, 0.4) is 0 Å². The maximum absolute atomic E-state index is 14.1. The zero-order valence-corrected chi connectivity index (χ0v) is 45.5. The Morgan fingerprint density at radius 1 is 0.522 bits per heavy atom. The van der Waals surface area contributed by atoms with Crippen LogP contribution in [0.15, 0.2) is 12.1 Å². The van der Waals surface area contributed by atoms with Crippen LogP contribution in [-0.4, -0.2) is 74.5 Å². The fraction of sp³-hybridized carbons (Fsp3) is 0.789. The number of carbonyl (C=O) groups excluding carboxylic acids is 3. The second-order valence-corrected chi connectivity index (χ2v) is 26.2. The summed E-state index contributed by atoms with van der Waals surface area (Å²) in [6, 6.07) is 4.45. The van der Waals surface area contributed by atoms with Gasteiger partial charge in [0.05, 0.1) is 30.7 Å². The first-order valence-electron chi connectivity index (χ1n) is 27.2. The molecule has 0 aromatic carbocycles. The van der Waals surface area contributed by atoms with Crippen LogP contribution in [0.4, 0.5) is 11.4 Å². The number of carboxylic acid groups (broad SMARTS) is 1. The molecule has 10 nitrogen and oxygen atoms in total. The van der Waals surface area contributed by atoms with E-state index in [-0.39, 0.29) is 53.9 Å². The fourth-order valence-corrected chi connectivity index (χ4v) is 15.2. The van der Waals surface area contributed by atoms with Crippen molar-refractivity contribution in [3.8, 4) is 0 Å². The van der Waals surface area contributed by atoms with Crippen molar-refractivity contribution in [2.75, 3.05) is 31.1 Å². The molecule has 2 amide bonds. The largest absolute Gasteiger partial charge is 0.477 e. The van der Waals surface area contributed by atoms with Crippen LogP contribution in [0.25, 0.3) is 0 Å². The molecule has 69 heavy (non-hydrogen) atoms. The summed E-state index contributed by atoms with van der Waals surface area (Å²) < 4.78 is 16.4. The lowest BCUT2D eigenvalue weighted by atomic mass is 9.73. The van der Waals surface area contributed by atoms with Crippen LogP contribution < -0.4 is 9.80 Å². The van der Waals surface area contributed by atoms with Gasteiger partial charge in [-0.25, -0.2) is 9.59 Å². The van der Waals surface area contributed by atoms with Gasteiger partial charge in [-0.1, -0.05) is 41.5 Å². The van der Waals surface area contributed by atoms with Crippen molar-refractivity contribution >= 4 is 57.8 Å². The third kappa shape index (κ3) is 13.4. The Bertz CT molecular complexity index is 2010. The highest BCUT2D eigenvalue weighted by Gasteiger charge is 2.41. The third-order valence-electron chi connectivity index (χ3n) is 17.9. The number of methoxy groups -OCH3 is 3. The van der Waals surface area contributed by atoms with E-state index in [1.807, 2.05) is 9.80 Å². The number of aromatic carboxylic acids is 1. The molecule has 0 unspecified atom stereocenters. The van der Waals surface area contributed by atoms with Crippen molar-refractivity contribution < 1.29 is 38.5 Å². The second kappa shape index (κ2) is 23.8. The van der Waals surface area contributed by atoms with Gasteiger partial charge in [-0.05, 0) is 201 Å². The molecule has 12 heteroatoms. The number of nitrogens with zero attached hydrogens (tertiary/aromatic N) is 2. The van der Waals surface area contributed by atoms with Crippen molar-refractivity contribution in [1.29, 1.82) is 0 Å². The Labute approximate surface area is 423 Å². The number of thiophene rings is 2. The zero-order chi connectivity index (χ0) is 49.6. The highest BCUT2D eigenvalue weighted by molar-refractivity contribution is 7.15. The quantitative estimate of drug-likeness (QED) is 0.209. The first-order chi connectivity index (χ1) is 32.9. The van der Waals surface area contributed by atoms with Gasteiger partial charge >= 0.3 is 11.9 Å². The SMILES string of the molecule is COC(=O)c1sc(C2CCC(C)(C)CC2)cc1N(C(=O)C1CCC(C)CC1)C1CCC(OC)CC1.COC1CCC(N(C(=O)C2CCC(C)CC2)c2cc(C3CCC(C)(C)CC3)sc2C(=O)O)CC1. The molecule has 6 aliphatic carbocycles. The Morgan fingerprint density at radius 3 is 1.20 bits per heavy atom. The summed E-state index contributed by atoms with van der Waals surface area (Å²) in [5, 5.41) is 10.2. The van der Waals surface area contributed by atoms with Gasteiger partial charge in [0.25, 0.3) is 0 Å². The third-order valence-corrected chi connectivity index (χ3v) is 20.5. The minimum atomic E-state index is -0.900. The molecule has 0 saturated heterocycles. The molecule has 6 fully saturated rings. The lowest BCUT2D eigenvalue weighted by molar-refractivity contribution is -0.125. The molecule has 6 aliphatic rings. The lowest BCUT2D eigenvalue weighted by Gasteiger charge is -2.39. The van der Waals surface area contributed by atoms with Gasteiger partial charge < -0.3 is 29.1 Å². The molecule has 386 valence electrons. The van der Waals surface area contributed by atoms with E-state index in [4.69, 9.17) is 14.2 Å². The van der Waals surface area contributed by atoms with E-state index >= 15 is 0 Å². The summed E-state index contributed by atoms with van der Waals surface area (Å²) in [4.78, 5) is 60.9. The van der Waals surface area contributed by atoms with Crippen LogP contribution >= 0.6 is 22.7 Å². The molecular weight excluding hydrogens is 905 g/mol. The van der Waals surface area contributed by atoms with Crippen LogP contribution in [0.1, 0.15) is 237 Å². The molecule has 0 bridgehead atoms. The van der Waals surface area contributed by atoms with E-state index < -0.39 is 5.97 Å². The molecule has 2 heterocycles. The highest BCUT2D eigenvalue weighted by Crippen LogP contribution is 2.49. The Hall–Kier alpha value is -2.80. The van der Waals surface area contributed by atoms with Crippen LogP contribution in [-0.2, 0) is 23.8 Å². The summed E-state index contributed by atoms with van der Waals surface area (Å²) in [5.74, 6) is 1.46. The second-order valence-electron chi connectivity index (χ2n) is 24.1. The molecule has 8 rings (SSSR count). The number of carboxylic acids is 1. The number of esters is 1. The molecule has 2 aromatic rings. The number of hydrogen-bond acceptors (Lipinski definition) is 9. The predicted octanol–water partition coefficient (Wildman–Crippen LogP) is 14.6. The van der Waals surface area contributed by atoms with Crippen molar-refractivity contribution in [2.45, 2.75) is 232 Å². The van der Waals surface area contributed by atoms with E-state index in [9.17, 15) is 24.3 Å². The van der Waals surface area contributed by atoms with Crippen LogP contribution in [0.5, 0.6) is 0 Å². The summed E-state index contributed by atoms with van der Waals surface area (Å²) in [5.41, 5.74) is 2.24. The maximum atomic E-state index is 14.1. The van der Waals surface area contributed by atoms with Gasteiger partial charge in [0, 0.05) is 47.9 Å². The standard InChI is InChI=1S/C29H45NO4S.C28H43NO4S/c1-19-6-8-21(9-7-19)27(31)30(22-10-12-23(33-4)13-11-22)24-18-25(35-26(24)28(32)34-5)20-14-16-29(2,3)17-15-20;1-18-5-7-20(8-6-18)26(30)29(21-9-11-22(33-4)12-10-21)23-17-24(34-25(23)27(31)32)19-13-15-28(2,3)16-14-19/h18-23H,6-17H2,1-5H3;17-22H,5-16H2,1-4H3,(H,31,32). The number of rotatable bonds is 12. The molecular formula is C57H88N2O8S2. The minimum absolute atomic E-state index is 0.0109. The Balaban J connectivity index is 0.000000204. The van der Waals surface area contributed by atoms with E-state index in [0.717, 1.165) is 152 Å². The van der Waals surface area contributed by atoms with Gasteiger partial charge in [0.1, 0.15) is 9.75 Å². The summed E-state index contributed by atoms with van der Waals surface area (Å²) in [7, 11) is 4.99. The first-order valence-corrected chi connectivity index (χ1v) is 28.8. The number of anilines is 2. The van der Waals surface area contributed by atoms with Gasteiger partial charge in [-0.3, -0.25) is 9.59 Å². The maximum Gasteiger partial charge on any atom is 0.350 e. The molecule has 0 aliphatic heterocycles. The highest BCUT2D eigenvalue weighted by atomic mass is 32.1. The molecule has 6 saturated carbocycles. The summed E-state index contributed by atoms with van der Waals surface area (Å²) in [6.07, 6.45) is 25.1. The predicted molar refractivity (Wildman–Crippen MR) is 280 cm³/mol. The average molecular weight is 993 g/mol. The lowest BCUT2D eigenvalue weighted by Crippen LogP contribution is -2.47. The Kier molecular flexibility index (Phi) is 18.6. The van der Waals surface area contributed by atoms with Gasteiger partial charge in [-0.15, -0.1) is 22.7 Å². The Morgan fingerprint density at radius 2 is 0.870 bits per heavy atom. The smallest absolute Gasteiger partial charge is 0.350 e. The van der Waals surface area contributed by atoms with Crippen molar-refractivity contribution in [2.24, 2.45) is 34.5 Å². The normalized spacial score (nSPS) is 29.8. The molecule has 1 N–H and O–H groups in total. The zero-order valence-electron chi connectivity index (χ0n) is 43.9. The summed E-state index contributed by atoms with van der Waals surface area (Å²) in [6.45, 7) is 13.9. The van der Waals surface area contributed by atoms with E-state index in [1.165, 1.54) is 36.2 Å². The molecule has 0 spiro atoms. The van der Waals surface area contributed by atoms with Gasteiger partial charge in [-0.2, -0.15) is 0 Å². The number of carbonyl (C=O) groups is 4. The van der Waals surface area contributed by atoms with E-state index in [2.05, 4.69) is 53.7 Å². The topological polar surface area (TPSA) is 123 Å². The van der Waals surface area contributed by atoms with Gasteiger partial charge in [0.2, 0.25) is 11.8 Å². The van der Waals surface area contributed by atoms with Crippen molar-refractivity contribution in [3.63, 3.8) is 0 Å². The van der Waals surface area contributed by atoms with Crippen molar-refractivity contribution in [3.05, 3.63) is 31.6 Å². The average Bonchev–Trinajstić information content (AvgIpc) is 3.98. The van der Waals surface area contributed by atoms with Crippen LogP contribution in [0, 0.1) is 34.5 Å². The summed E-state index contributed by atoms with van der Waals surface area (Å²) >= 11 is 2.99. The number of hydrogen-bond donors (Lipinski definition) is 1. The van der Waals surface area contributed by atoms with Crippen LogP contribution in [0.2, 0.25) is 0 Å². The number of amides is 2. The molecule has 2 aromatic heterocycles. The van der Waals surface area contributed by atoms with E-state index in [1.54, 1.807) is 25.6 Å². The minimum Gasteiger partial charge on any atom is -0.477 e.